The summed E-state index contributed by atoms with van der Waals surface area (Å²) >= 11 is 0. The van der Waals surface area contributed by atoms with Crippen molar-refractivity contribution in [3.8, 4) is 0 Å². The second-order valence-electron chi connectivity index (χ2n) is 2.10. The zero-order valence-electron chi connectivity index (χ0n) is 6.13. The smallest absolute Gasteiger partial charge is 0.283 e. The van der Waals surface area contributed by atoms with Crippen LogP contribution in [0.25, 0.3) is 0 Å². The molecule has 0 saturated heterocycles. The molecule has 58 valence electrons. The topological polar surface area (TPSA) is 63.3 Å². The molecule has 0 aliphatic rings. The molecule has 3 N–H and O–H groups in total. The first-order chi connectivity index (χ1) is 4.68. The highest BCUT2D eigenvalue weighted by Gasteiger charge is 1.97. The van der Waals surface area contributed by atoms with E-state index in [2.05, 4.69) is 0 Å². The van der Waals surface area contributed by atoms with E-state index in [0.29, 0.717) is 6.42 Å². The van der Waals surface area contributed by atoms with E-state index in [9.17, 15) is 4.79 Å². The standard InChI is InChI=1S/C7H13NO2/c1-2-3-4-5-6(9)7(8)10/h5,9H,2-4H2,1H3,(H2,8,10)/b6-5-. The minimum absolute atomic E-state index is 0.326. The van der Waals surface area contributed by atoms with Crippen LogP contribution in [-0.2, 0) is 4.79 Å². The van der Waals surface area contributed by atoms with Crippen LogP contribution in [0.3, 0.4) is 0 Å². The average molecular weight is 143 g/mol. The number of carbonyl (C=O) groups is 1. The molecule has 0 heterocycles. The van der Waals surface area contributed by atoms with Crippen molar-refractivity contribution in [3.05, 3.63) is 11.8 Å². The van der Waals surface area contributed by atoms with Gasteiger partial charge in [0.25, 0.3) is 5.91 Å². The molecule has 0 bridgehead atoms. The molecule has 3 heteroatoms. The van der Waals surface area contributed by atoms with Crippen molar-refractivity contribution in [1.82, 2.24) is 0 Å². The number of primary amides is 1. The maximum atomic E-state index is 10.2. The van der Waals surface area contributed by atoms with Crippen LogP contribution in [0.4, 0.5) is 0 Å². The second kappa shape index (κ2) is 4.85. The Morgan fingerprint density at radius 3 is 2.70 bits per heavy atom. The van der Waals surface area contributed by atoms with Gasteiger partial charge in [0, 0.05) is 0 Å². The summed E-state index contributed by atoms with van der Waals surface area (Å²) in [5.41, 5.74) is 4.76. The fourth-order valence-electron chi connectivity index (χ4n) is 0.543. The Morgan fingerprint density at radius 1 is 1.70 bits per heavy atom. The molecule has 0 rings (SSSR count). The van der Waals surface area contributed by atoms with Crippen molar-refractivity contribution >= 4 is 5.91 Å². The summed E-state index contributed by atoms with van der Waals surface area (Å²) in [5, 5.41) is 8.74. The van der Waals surface area contributed by atoms with Crippen LogP contribution < -0.4 is 5.73 Å². The molecule has 0 saturated carbocycles. The summed E-state index contributed by atoms with van der Waals surface area (Å²) in [4.78, 5) is 10.2. The van der Waals surface area contributed by atoms with Crippen molar-refractivity contribution in [1.29, 1.82) is 0 Å². The van der Waals surface area contributed by atoms with Crippen LogP contribution in [-0.4, -0.2) is 11.0 Å². The number of nitrogens with two attached hydrogens (primary N) is 1. The largest absolute Gasteiger partial charge is 0.503 e. The lowest BCUT2D eigenvalue weighted by Gasteiger charge is -1.91. The van der Waals surface area contributed by atoms with E-state index in [1.807, 2.05) is 6.92 Å². The average Bonchev–Trinajstić information content (AvgIpc) is 1.88. The summed E-state index contributed by atoms with van der Waals surface area (Å²) in [6.07, 6.45) is 4.18. The predicted molar refractivity (Wildman–Crippen MR) is 39.4 cm³/mol. The van der Waals surface area contributed by atoms with E-state index in [-0.39, 0.29) is 5.76 Å². The van der Waals surface area contributed by atoms with Crippen molar-refractivity contribution in [3.63, 3.8) is 0 Å². The molecular weight excluding hydrogens is 130 g/mol. The maximum absolute atomic E-state index is 10.2. The summed E-state index contributed by atoms with van der Waals surface area (Å²) < 4.78 is 0. The molecule has 0 aromatic carbocycles. The fourth-order valence-corrected chi connectivity index (χ4v) is 0.543. The quantitative estimate of drug-likeness (QED) is 0.351. The normalized spacial score (nSPS) is 11.5. The van der Waals surface area contributed by atoms with Gasteiger partial charge in [0.2, 0.25) is 0 Å². The molecule has 0 radical (unpaired) electrons. The van der Waals surface area contributed by atoms with Crippen LogP contribution in [0.15, 0.2) is 11.8 Å². The first kappa shape index (κ1) is 9.01. The van der Waals surface area contributed by atoms with E-state index >= 15 is 0 Å². The van der Waals surface area contributed by atoms with Crippen LogP contribution in [0.1, 0.15) is 26.2 Å². The van der Waals surface area contributed by atoms with Gasteiger partial charge in [-0.15, -0.1) is 0 Å². The SMILES string of the molecule is CCCC/C=C(\O)C(N)=O. The number of aliphatic hydroxyl groups excluding tert-OH is 1. The van der Waals surface area contributed by atoms with Gasteiger partial charge in [0.15, 0.2) is 5.76 Å². The summed E-state index contributed by atoms with van der Waals surface area (Å²) in [5.74, 6) is -1.08. The van der Waals surface area contributed by atoms with Crippen molar-refractivity contribution in [2.24, 2.45) is 5.73 Å². The first-order valence-corrected chi connectivity index (χ1v) is 3.37. The van der Waals surface area contributed by atoms with E-state index in [4.69, 9.17) is 10.8 Å². The molecule has 0 atom stereocenters. The second-order valence-corrected chi connectivity index (χ2v) is 2.10. The third-order valence-electron chi connectivity index (χ3n) is 1.15. The fraction of sp³-hybridized carbons (Fsp3) is 0.571. The van der Waals surface area contributed by atoms with E-state index < -0.39 is 5.91 Å². The summed E-state index contributed by atoms with van der Waals surface area (Å²) in [7, 11) is 0. The number of unbranched alkanes of at least 4 members (excludes halogenated alkanes) is 2. The van der Waals surface area contributed by atoms with Gasteiger partial charge in [0.1, 0.15) is 0 Å². The lowest BCUT2D eigenvalue weighted by Crippen LogP contribution is -2.13. The maximum Gasteiger partial charge on any atom is 0.283 e. The van der Waals surface area contributed by atoms with Gasteiger partial charge < -0.3 is 10.8 Å². The van der Waals surface area contributed by atoms with E-state index in [0.717, 1.165) is 12.8 Å². The number of aliphatic hydroxyl groups is 1. The number of rotatable bonds is 4. The monoisotopic (exact) mass is 143 g/mol. The lowest BCUT2D eigenvalue weighted by molar-refractivity contribution is -0.116. The minimum atomic E-state index is -0.754. The van der Waals surface area contributed by atoms with Gasteiger partial charge in [-0.2, -0.15) is 0 Å². The van der Waals surface area contributed by atoms with E-state index in [1.165, 1.54) is 6.08 Å². The van der Waals surface area contributed by atoms with Crippen LogP contribution in [0.5, 0.6) is 0 Å². The van der Waals surface area contributed by atoms with Gasteiger partial charge >= 0.3 is 0 Å². The molecular formula is C7H13NO2. The molecule has 3 nitrogen and oxygen atoms in total. The van der Waals surface area contributed by atoms with Gasteiger partial charge in [-0.1, -0.05) is 13.3 Å². The molecule has 0 aliphatic carbocycles. The first-order valence-electron chi connectivity index (χ1n) is 3.37. The van der Waals surface area contributed by atoms with Crippen LogP contribution in [0, 0.1) is 0 Å². The molecule has 0 spiro atoms. The van der Waals surface area contributed by atoms with E-state index in [1.54, 1.807) is 0 Å². The van der Waals surface area contributed by atoms with Crippen molar-refractivity contribution < 1.29 is 9.90 Å². The molecule has 0 aromatic rings. The van der Waals surface area contributed by atoms with Gasteiger partial charge in [0.05, 0.1) is 0 Å². The predicted octanol–water partition coefficient (Wildman–Crippen LogP) is 1.10. The lowest BCUT2D eigenvalue weighted by atomic mass is 10.2. The number of allylic oxidation sites excluding steroid dienone is 1. The Kier molecular flexibility index (Phi) is 4.37. The molecule has 0 fully saturated rings. The number of carbonyl (C=O) groups excluding carboxylic acids is 1. The zero-order chi connectivity index (χ0) is 7.98. The van der Waals surface area contributed by atoms with Crippen molar-refractivity contribution in [2.45, 2.75) is 26.2 Å². The highest BCUT2D eigenvalue weighted by molar-refractivity contribution is 5.89. The highest BCUT2D eigenvalue weighted by atomic mass is 16.3. The molecule has 0 aliphatic heterocycles. The Morgan fingerprint density at radius 2 is 2.30 bits per heavy atom. The zero-order valence-corrected chi connectivity index (χ0v) is 6.13. The Hall–Kier alpha value is -0.990. The minimum Gasteiger partial charge on any atom is -0.503 e. The van der Waals surface area contributed by atoms with Gasteiger partial charge in [-0.25, -0.2) is 0 Å². The Balaban J connectivity index is 3.58. The summed E-state index contributed by atoms with van der Waals surface area (Å²) in [6, 6.07) is 0. The summed E-state index contributed by atoms with van der Waals surface area (Å²) in [6.45, 7) is 2.04. The van der Waals surface area contributed by atoms with Gasteiger partial charge in [-0.3, -0.25) is 4.79 Å². The number of hydrogen-bond donors (Lipinski definition) is 2. The van der Waals surface area contributed by atoms with Gasteiger partial charge in [-0.05, 0) is 18.9 Å². The Bertz CT molecular complexity index is 141. The van der Waals surface area contributed by atoms with Crippen molar-refractivity contribution in [2.75, 3.05) is 0 Å². The number of amides is 1. The van der Waals surface area contributed by atoms with Crippen LogP contribution >= 0.6 is 0 Å². The molecule has 0 aromatic heterocycles. The third-order valence-corrected chi connectivity index (χ3v) is 1.15. The Labute approximate surface area is 60.5 Å². The molecule has 1 amide bonds. The number of hydrogen-bond acceptors (Lipinski definition) is 2. The third kappa shape index (κ3) is 3.95. The van der Waals surface area contributed by atoms with Crippen LogP contribution in [0.2, 0.25) is 0 Å². The molecule has 10 heavy (non-hydrogen) atoms. The molecule has 0 unspecified atom stereocenters. The highest BCUT2D eigenvalue weighted by Crippen LogP contribution is 1.97.